The zero-order chi connectivity index (χ0) is 45.0. The van der Waals surface area contributed by atoms with Gasteiger partial charge in [0.05, 0.1) is 26.4 Å². The Morgan fingerprint density at radius 2 is 0.672 bits per heavy atom. The lowest BCUT2D eigenvalue weighted by molar-refractivity contribution is 0.101. The standard InChI is InChI=1S/C56H62N2O6/c1-7-25-61-51-41-13-11-14-42(51)30-46-34-50(58-56(60)40-23-19-38(6)20-24-40)36-48(54(46)64-28-10-4)32-44-16-12-15-43(52(44)62-26-8-2)31-47-35-49(33-45(29-41)53(47)63-27-9-3)57-55(59)39-21-17-37(5)18-22-39/h11-24,33-36H,7-10,25-32H2,1-6H3,(H,57,59)(H,58,60). The summed E-state index contributed by atoms with van der Waals surface area (Å²) >= 11 is 0. The Kier molecular flexibility index (Phi) is 15.4. The number of fused-ring (bicyclic) bond motifs is 8. The summed E-state index contributed by atoms with van der Waals surface area (Å²) in [6.07, 6.45) is 5.29. The van der Waals surface area contributed by atoms with Gasteiger partial charge in [0.1, 0.15) is 23.0 Å². The van der Waals surface area contributed by atoms with E-state index in [0.29, 0.717) is 74.6 Å². The average Bonchev–Trinajstić information content (AvgIpc) is 3.28. The van der Waals surface area contributed by atoms with Gasteiger partial charge >= 0.3 is 0 Å². The maximum Gasteiger partial charge on any atom is 0.255 e. The predicted molar refractivity (Wildman–Crippen MR) is 258 cm³/mol. The Morgan fingerprint density at radius 3 is 0.938 bits per heavy atom. The Hall–Kier alpha value is -6.54. The van der Waals surface area contributed by atoms with E-state index in [2.05, 4.69) is 74.7 Å². The number of aryl methyl sites for hydroxylation is 2. The number of nitrogens with one attached hydrogen (secondary N) is 2. The number of ether oxygens (including phenoxy) is 4. The molecule has 64 heavy (non-hydrogen) atoms. The molecule has 2 N–H and O–H groups in total. The van der Waals surface area contributed by atoms with Crippen molar-refractivity contribution in [2.45, 2.75) is 92.9 Å². The van der Waals surface area contributed by atoms with Crippen LogP contribution in [0.5, 0.6) is 23.0 Å². The number of hydrogen-bond donors (Lipinski definition) is 2. The molecule has 6 aromatic carbocycles. The molecule has 2 amide bonds. The first-order valence-electron chi connectivity index (χ1n) is 23.0. The molecule has 332 valence electrons. The van der Waals surface area contributed by atoms with Crippen molar-refractivity contribution in [1.29, 1.82) is 0 Å². The topological polar surface area (TPSA) is 95.1 Å². The number of amides is 2. The van der Waals surface area contributed by atoms with Crippen LogP contribution in [-0.4, -0.2) is 38.2 Å². The van der Waals surface area contributed by atoms with E-state index in [9.17, 15) is 9.59 Å². The minimum Gasteiger partial charge on any atom is -0.493 e. The average molecular weight is 859 g/mol. The maximum atomic E-state index is 13.8. The monoisotopic (exact) mass is 858 g/mol. The lowest BCUT2D eigenvalue weighted by Gasteiger charge is -2.24. The van der Waals surface area contributed by atoms with Crippen molar-refractivity contribution < 1.29 is 28.5 Å². The molecule has 0 unspecified atom stereocenters. The van der Waals surface area contributed by atoms with Crippen LogP contribution in [-0.2, 0) is 25.7 Å². The van der Waals surface area contributed by atoms with E-state index in [1.54, 1.807) is 0 Å². The van der Waals surface area contributed by atoms with Crippen molar-refractivity contribution in [3.8, 4) is 23.0 Å². The maximum absolute atomic E-state index is 13.8. The largest absolute Gasteiger partial charge is 0.493 e. The second-order valence-electron chi connectivity index (χ2n) is 16.8. The SMILES string of the molecule is CCCOc1c2cccc1Cc1cc(NC(=O)c3ccc(C)cc3)cc(c1OCCC)Cc1cccc(c1OCCC)Cc1cc(NC(=O)c3ccc(C)cc3)cc(c1OCCC)C2. The van der Waals surface area contributed by atoms with Gasteiger partial charge in [-0.15, -0.1) is 0 Å². The first kappa shape index (κ1) is 45.5. The van der Waals surface area contributed by atoms with Crippen molar-refractivity contribution in [1.82, 2.24) is 0 Å². The first-order valence-corrected chi connectivity index (χ1v) is 23.0. The Morgan fingerprint density at radius 1 is 0.406 bits per heavy atom. The smallest absolute Gasteiger partial charge is 0.255 e. The van der Waals surface area contributed by atoms with Crippen LogP contribution in [0.2, 0.25) is 0 Å². The van der Waals surface area contributed by atoms with Gasteiger partial charge in [0.25, 0.3) is 11.8 Å². The number of benzene rings is 6. The molecule has 0 aromatic heterocycles. The molecule has 0 atom stereocenters. The van der Waals surface area contributed by atoms with Gasteiger partial charge in [-0.25, -0.2) is 0 Å². The third kappa shape index (κ3) is 11.1. The molecule has 0 saturated carbocycles. The molecule has 0 aliphatic heterocycles. The van der Waals surface area contributed by atoms with Crippen molar-refractivity contribution in [2.75, 3.05) is 37.1 Å². The molecule has 7 rings (SSSR count). The van der Waals surface area contributed by atoms with E-state index >= 15 is 0 Å². The Balaban J connectivity index is 1.45. The molecule has 8 bridgehead atoms. The first-order chi connectivity index (χ1) is 31.2. The van der Waals surface area contributed by atoms with Crippen molar-refractivity contribution >= 4 is 23.2 Å². The summed E-state index contributed by atoms with van der Waals surface area (Å²) in [5, 5.41) is 6.46. The van der Waals surface area contributed by atoms with Crippen LogP contribution in [0.15, 0.2) is 109 Å². The molecule has 1 aliphatic rings. The molecule has 0 fully saturated rings. The van der Waals surface area contributed by atoms with Gasteiger partial charge in [-0.05, 0) is 110 Å². The van der Waals surface area contributed by atoms with Crippen molar-refractivity contribution in [3.63, 3.8) is 0 Å². The molecule has 0 saturated heterocycles. The van der Waals surface area contributed by atoms with Gasteiger partial charge in [-0.3, -0.25) is 9.59 Å². The third-order valence-corrected chi connectivity index (χ3v) is 11.3. The fourth-order valence-electron chi connectivity index (χ4n) is 8.21. The molecule has 8 nitrogen and oxygen atoms in total. The normalized spacial score (nSPS) is 12.0. The van der Waals surface area contributed by atoms with Gasteiger partial charge in [-0.2, -0.15) is 0 Å². The summed E-state index contributed by atoms with van der Waals surface area (Å²) in [5.41, 5.74) is 12.5. The second kappa shape index (κ2) is 21.7. The molecular formula is C56H62N2O6. The summed E-state index contributed by atoms with van der Waals surface area (Å²) in [5.74, 6) is 2.87. The minimum atomic E-state index is -0.180. The lowest BCUT2D eigenvalue weighted by Crippen LogP contribution is -2.14. The van der Waals surface area contributed by atoms with Crippen LogP contribution in [0, 0.1) is 13.8 Å². The van der Waals surface area contributed by atoms with Gasteiger partial charge in [-0.1, -0.05) is 99.5 Å². The van der Waals surface area contributed by atoms with Crippen LogP contribution in [0.4, 0.5) is 11.4 Å². The fourth-order valence-corrected chi connectivity index (χ4v) is 8.21. The highest BCUT2D eigenvalue weighted by Crippen LogP contribution is 2.41. The van der Waals surface area contributed by atoms with E-state index in [-0.39, 0.29) is 11.8 Å². The Labute approximate surface area is 379 Å². The highest BCUT2D eigenvalue weighted by Gasteiger charge is 2.24. The predicted octanol–water partition coefficient (Wildman–Crippen LogP) is 12.6. The van der Waals surface area contributed by atoms with Crippen LogP contribution in [0.25, 0.3) is 0 Å². The summed E-state index contributed by atoms with van der Waals surface area (Å²) < 4.78 is 26.9. The van der Waals surface area contributed by atoms with Crippen LogP contribution in [0.3, 0.4) is 0 Å². The quantitative estimate of drug-likeness (QED) is 0.100. The van der Waals surface area contributed by atoms with Gasteiger partial charge in [0, 0.05) is 70.4 Å². The Bertz CT molecular complexity index is 2290. The van der Waals surface area contributed by atoms with Crippen LogP contribution in [0.1, 0.15) is 130 Å². The second-order valence-corrected chi connectivity index (χ2v) is 16.8. The van der Waals surface area contributed by atoms with Crippen molar-refractivity contribution in [2.24, 2.45) is 0 Å². The number of para-hydroxylation sites is 2. The molecule has 1 aliphatic carbocycles. The van der Waals surface area contributed by atoms with E-state index in [0.717, 1.165) is 104 Å². The zero-order valence-corrected chi connectivity index (χ0v) is 38.3. The molecule has 0 heterocycles. The zero-order valence-electron chi connectivity index (χ0n) is 38.3. The number of rotatable bonds is 16. The van der Waals surface area contributed by atoms with E-state index < -0.39 is 0 Å². The van der Waals surface area contributed by atoms with E-state index in [1.807, 2.05) is 86.6 Å². The van der Waals surface area contributed by atoms with E-state index in [4.69, 9.17) is 18.9 Å². The summed E-state index contributed by atoms with van der Waals surface area (Å²) in [4.78, 5) is 27.6. The molecule has 0 spiro atoms. The fraction of sp³-hybridized carbons (Fsp3) is 0.321. The molecule has 6 aromatic rings. The number of hydrogen-bond acceptors (Lipinski definition) is 6. The van der Waals surface area contributed by atoms with Gasteiger partial charge < -0.3 is 29.6 Å². The number of carbonyl (C=O) groups is 2. The minimum absolute atomic E-state index is 0.180. The lowest BCUT2D eigenvalue weighted by atomic mass is 9.90. The van der Waals surface area contributed by atoms with Crippen LogP contribution < -0.4 is 29.6 Å². The van der Waals surface area contributed by atoms with Gasteiger partial charge in [0.2, 0.25) is 0 Å². The number of anilines is 2. The number of carbonyl (C=O) groups excluding carboxylic acids is 2. The summed E-state index contributed by atoms with van der Waals surface area (Å²) in [6.45, 7) is 14.6. The molecular weight excluding hydrogens is 797 g/mol. The van der Waals surface area contributed by atoms with Crippen LogP contribution >= 0.6 is 0 Å². The van der Waals surface area contributed by atoms with E-state index in [1.165, 1.54) is 0 Å². The summed E-state index contributed by atoms with van der Waals surface area (Å²) in [7, 11) is 0. The highest BCUT2D eigenvalue weighted by molar-refractivity contribution is 6.05. The molecule has 0 radical (unpaired) electrons. The summed E-state index contributed by atoms with van der Waals surface area (Å²) in [6, 6.07) is 36.1. The van der Waals surface area contributed by atoms with Gasteiger partial charge in [0.15, 0.2) is 0 Å². The third-order valence-electron chi connectivity index (χ3n) is 11.3. The van der Waals surface area contributed by atoms with Crippen molar-refractivity contribution in [3.05, 3.63) is 176 Å². The molecule has 8 heteroatoms. The highest BCUT2D eigenvalue weighted by atomic mass is 16.5.